The highest BCUT2D eigenvalue weighted by Crippen LogP contribution is 2.05. The van der Waals surface area contributed by atoms with Gasteiger partial charge in [-0.05, 0) is 0 Å². The molecule has 0 aromatic rings. The van der Waals surface area contributed by atoms with Crippen molar-refractivity contribution >= 4 is 0 Å². The summed E-state index contributed by atoms with van der Waals surface area (Å²) in [5, 5.41) is 30.9. The van der Waals surface area contributed by atoms with Gasteiger partial charge in [0.1, 0.15) is 24.8 Å². The van der Waals surface area contributed by atoms with Crippen LogP contribution in [0.2, 0.25) is 0 Å². The molecule has 0 saturated carbocycles. The van der Waals surface area contributed by atoms with Crippen LogP contribution < -0.4 is 0 Å². The largest absolute Gasteiger partial charge is 0.394 e. The van der Waals surface area contributed by atoms with Crippen molar-refractivity contribution < 1.29 is 15.3 Å². The van der Waals surface area contributed by atoms with Crippen LogP contribution in [-0.4, -0.2) is 46.7 Å². The molecule has 0 heterocycles. The molecule has 0 aliphatic rings. The average molecular weight is 178 g/mol. The first-order valence-electron chi connectivity index (χ1n) is 3.26. The minimum Gasteiger partial charge on any atom is -0.394 e. The molecule has 0 aliphatic carbocycles. The standard InChI is InChI=1S/C5H10N2O5/c8-2-4(10)5(7-12)3(9)1-6-11/h3-5,8-10H,1-2H2. The Morgan fingerprint density at radius 1 is 1.17 bits per heavy atom. The number of rotatable bonds is 6. The van der Waals surface area contributed by atoms with E-state index in [0.717, 1.165) is 0 Å². The Hall–Kier alpha value is -0.920. The topological polar surface area (TPSA) is 120 Å². The van der Waals surface area contributed by atoms with Crippen LogP contribution in [-0.2, 0) is 0 Å². The van der Waals surface area contributed by atoms with Gasteiger partial charge in [0.2, 0.25) is 0 Å². The number of hydrogen-bond donors (Lipinski definition) is 3. The molecule has 0 bridgehead atoms. The zero-order valence-electron chi connectivity index (χ0n) is 6.20. The molecular formula is C5H10N2O5. The van der Waals surface area contributed by atoms with Gasteiger partial charge in [0.05, 0.1) is 6.61 Å². The van der Waals surface area contributed by atoms with E-state index in [2.05, 4.69) is 10.4 Å². The summed E-state index contributed by atoms with van der Waals surface area (Å²) in [7, 11) is 0. The van der Waals surface area contributed by atoms with Gasteiger partial charge in [0.15, 0.2) is 0 Å². The van der Waals surface area contributed by atoms with E-state index < -0.39 is 31.4 Å². The van der Waals surface area contributed by atoms with E-state index >= 15 is 0 Å². The summed E-state index contributed by atoms with van der Waals surface area (Å²) < 4.78 is 0. The number of nitroso groups, excluding NO2 is 2. The summed E-state index contributed by atoms with van der Waals surface area (Å²) in [6, 6.07) is -1.41. The van der Waals surface area contributed by atoms with Gasteiger partial charge in [0, 0.05) is 0 Å². The Morgan fingerprint density at radius 3 is 2.08 bits per heavy atom. The lowest BCUT2D eigenvalue weighted by Crippen LogP contribution is -2.39. The number of nitrogens with zero attached hydrogens (tertiary/aromatic N) is 2. The summed E-state index contributed by atoms with van der Waals surface area (Å²) in [6.45, 7) is -1.24. The first kappa shape index (κ1) is 11.1. The zero-order valence-corrected chi connectivity index (χ0v) is 6.20. The first-order valence-corrected chi connectivity index (χ1v) is 3.26. The quantitative estimate of drug-likeness (QED) is 0.432. The fourth-order valence-corrected chi connectivity index (χ4v) is 0.689. The third-order valence-electron chi connectivity index (χ3n) is 1.36. The van der Waals surface area contributed by atoms with Gasteiger partial charge in [-0.15, -0.1) is 0 Å². The maximum absolute atomic E-state index is 10.00. The van der Waals surface area contributed by atoms with Crippen molar-refractivity contribution in [1.82, 2.24) is 0 Å². The molecule has 0 aromatic carbocycles. The minimum absolute atomic E-state index is 0.534. The lowest BCUT2D eigenvalue weighted by molar-refractivity contribution is 0.0250. The normalized spacial score (nSPS) is 17.9. The molecule has 3 unspecified atom stereocenters. The van der Waals surface area contributed by atoms with Crippen LogP contribution >= 0.6 is 0 Å². The van der Waals surface area contributed by atoms with Gasteiger partial charge in [-0.25, -0.2) is 0 Å². The maximum Gasteiger partial charge on any atom is 0.148 e. The molecule has 12 heavy (non-hydrogen) atoms. The lowest BCUT2D eigenvalue weighted by atomic mass is 10.1. The van der Waals surface area contributed by atoms with E-state index in [9.17, 15) is 9.81 Å². The molecular weight excluding hydrogens is 168 g/mol. The monoisotopic (exact) mass is 178 g/mol. The van der Waals surface area contributed by atoms with Crippen LogP contribution in [0.25, 0.3) is 0 Å². The van der Waals surface area contributed by atoms with Crippen LogP contribution in [0.15, 0.2) is 10.4 Å². The van der Waals surface area contributed by atoms with Gasteiger partial charge >= 0.3 is 0 Å². The summed E-state index contributed by atoms with van der Waals surface area (Å²) >= 11 is 0. The second-order valence-corrected chi connectivity index (χ2v) is 2.22. The molecule has 7 heteroatoms. The smallest absolute Gasteiger partial charge is 0.148 e. The molecule has 3 N–H and O–H groups in total. The number of aliphatic hydroxyl groups excluding tert-OH is 3. The highest BCUT2D eigenvalue weighted by atomic mass is 16.3. The zero-order chi connectivity index (χ0) is 9.56. The number of hydrogen-bond acceptors (Lipinski definition) is 7. The summed E-state index contributed by atoms with van der Waals surface area (Å²) in [5.41, 5.74) is 0. The predicted octanol–water partition coefficient (Wildman–Crippen LogP) is -1.40. The summed E-state index contributed by atoms with van der Waals surface area (Å²) in [4.78, 5) is 19.6. The van der Waals surface area contributed by atoms with Crippen molar-refractivity contribution in [3.63, 3.8) is 0 Å². The van der Waals surface area contributed by atoms with Gasteiger partial charge in [-0.2, -0.15) is 9.81 Å². The Bertz CT molecular complexity index is 153. The van der Waals surface area contributed by atoms with Crippen molar-refractivity contribution in [1.29, 1.82) is 0 Å². The van der Waals surface area contributed by atoms with E-state index in [1.54, 1.807) is 0 Å². The fourth-order valence-electron chi connectivity index (χ4n) is 0.689. The van der Waals surface area contributed by atoms with Crippen molar-refractivity contribution in [3.05, 3.63) is 9.81 Å². The summed E-state index contributed by atoms with van der Waals surface area (Å²) in [5.74, 6) is 0. The van der Waals surface area contributed by atoms with E-state index in [0.29, 0.717) is 0 Å². The van der Waals surface area contributed by atoms with E-state index in [4.69, 9.17) is 15.3 Å². The molecule has 3 atom stereocenters. The second kappa shape index (κ2) is 5.70. The van der Waals surface area contributed by atoms with Crippen molar-refractivity contribution in [2.45, 2.75) is 18.2 Å². The van der Waals surface area contributed by atoms with Crippen molar-refractivity contribution in [2.75, 3.05) is 13.2 Å². The van der Waals surface area contributed by atoms with Crippen molar-refractivity contribution in [2.24, 2.45) is 10.4 Å². The molecule has 0 spiro atoms. The van der Waals surface area contributed by atoms with Crippen LogP contribution in [0.5, 0.6) is 0 Å². The van der Waals surface area contributed by atoms with E-state index in [1.165, 1.54) is 0 Å². The fraction of sp³-hybridized carbons (Fsp3) is 1.00. The molecule has 0 saturated heterocycles. The van der Waals surface area contributed by atoms with Crippen LogP contribution in [0, 0.1) is 9.81 Å². The Morgan fingerprint density at radius 2 is 1.75 bits per heavy atom. The van der Waals surface area contributed by atoms with Gasteiger partial charge in [-0.1, -0.05) is 10.4 Å². The van der Waals surface area contributed by atoms with Crippen LogP contribution in [0.1, 0.15) is 0 Å². The average Bonchev–Trinajstić information content (AvgIpc) is 2.06. The van der Waals surface area contributed by atoms with E-state index in [1.807, 2.05) is 0 Å². The SMILES string of the molecule is O=NCC(O)C(N=O)C(O)CO. The maximum atomic E-state index is 10.00. The third kappa shape index (κ3) is 2.99. The molecule has 0 aliphatic heterocycles. The third-order valence-corrected chi connectivity index (χ3v) is 1.36. The first-order chi connectivity index (χ1) is 5.67. The molecule has 0 amide bonds. The van der Waals surface area contributed by atoms with Gasteiger partial charge in [0.25, 0.3) is 0 Å². The Kier molecular flexibility index (Phi) is 5.26. The molecule has 0 fully saturated rings. The highest BCUT2D eigenvalue weighted by Gasteiger charge is 2.27. The van der Waals surface area contributed by atoms with Gasteiger partial charge in [-0.3, -0.25) is 0 Å². The highest BCUT2D eigenvalue weighted by molar-refractivity contribution is 4.83. The van der Waals surface area contributed by atoms with Gasteiger partial charge < -0.3 is 15.3 Å². The predicted molar refractivity (Wildman–Crippen MR) is 39.3 cm³/mol. The molecule has 7 nitrogen and oxygen atoms in total. The van der Waals surface area contributed by atoms with E-state index in [-0.39, 0.29) is 0 Å². The molecule has 0 rings (SSSR count). The second-order valence-electron chi connectivity index (χ2n) is 2.22. The molecule has 0 aromatic heterocycles. The molecule has 0 radical (unpaired) electrons. The minimum atomic E-state index is -1.46. The number of aliphatic hydroxyl groups is 3. The van der Waals surface area contributed by atoms with Crippen LogP contribution in [0.4, 0.5) is 0 Å². The summed E-state index contributed by atoms with van der Waals surface area (Å²) in [6.07, 6.45) is -2.90. The Balaban J connectivity index is 4.11. The lowest BCUT2D eigenvalue weighted by Gasteiger charge is -2.17. The van der Waals surface area contributed by atoms with Crippen molar-refractivity contribution in [3.8, 4) is 0 Å². The van der Waals surface area contributed by atoms with Crippen LogP contribution in [0.3, 0.4) is 0 Å². The Labute approximate surface area is 68.0 Å². The molecule has 70 valence electrons.